The molecule has 0 radical (unpaired) electrons. The highest BCUT2D eigenvalue weighted by atomic mass is 16.5. The summed E-state index contributed by atoms with van der Waals surface area (Å²) < 4.78 is 12.4. The summed E-state index contributed by atoms with van der Waals surface area (Å²) in [6, 6.07) is 12.5. The van der Waals surface area contributed by atoms with Gasteiger partial charge in [0.2, 0.25) is 5.95 Å². The molecule has 10 nitrogen and oxygen atoms in total. The molecule has 1 atom stereocenters. The number of carbonyl (C=O) groups excluding carboxylic acids is 1. The predicted octanol–water partition coefficient (Wildman–Crippen LogP) is 3.35. The molecule has 2 aromatic carbocycles. The Kier molecular flexibility index (Phi) is 6.96. The predicted molar refractivity (Wildman–Crippen MR) is 137 cm³/mol. The number of aromatic nitrogens is 4. The molecule has 1 aliphatic rings. The van der Waals surface area contributed by atoms with Crippen molar-refractivity contribution in [3.05, 3.63) is 77.2 Å². The molecule has 5 rings (SSSR count). The smallest absolute Gasteiger partial charge is 0.252 e. The van der Waals surface area contributed by atoms with Gasteiger partial charge >= 0.3 is 0 Å². The average molecular weight is 498 g/mol. The lowest BCUT2D eigenvalue weighted by Crippen LogP contribution is -2.29. The fraction of sp³-hybridized carbons (Fsp3) is 0.296. The normalized spacial score (nSPS) is 14.6. The minimum absolute atomic E-state index is 0.265. The molecule has 1 amide bonds. The van der Waals surface area contributed by atoms with Crippen LogP contribution in [0, 0.1) is 11.3 Å². The van der Waals surface area contributed by atoms with E-state index in [9.17, 15) is 10.1 Å². The summed E-state index contributed by atoms with van der Waals surface area (Å²) in [6.45, 7) is 1.44. The fourth-order valence-electron chi connectivity index (χ4n) is 4.41. The molecule has 2 aromatic heterocycles. The van der Waals surface area contributed by atoms with Gasteiger partial charge in [0, 0.05) is 55.2 Å². The first-order valence-corrected chi connectivity index (χ1v) is 12.0. The van der Waals surface area contributed by atoms with Gasteiger partial charge in [-0.3, -0.25) is 9.48 Å². The lowest BCUT2D eigenvalue weighted by Gasteiger charge is -2.23. The van der Waals surface area contributed by atoms with Crippen LogP contribution < -0.4 is 15.4 Å². The van der Waals surface area contributed by atoms with Crippen molar-refractivity contribution in [1.82, 2.24) is 25.1 Å². The number of nitrogens with one attached hydrogen (secondary N) is 2. The van der Waals surface area contributed by atoms with Crippen LogP contribution in [0.2, 0.25) is 0 Å². The molecule has 4 aromatic rings. The van der Waals surface area contributed by atoms with Crippen molar-refractivity contribution in [2.75, 3.05) is 25.6 Å². The number of hydrogen-bond donors (Lipinski definition) is 2. The Bertz CT molecular complexity index is 1470. The number of ether oxygens (including phenoxy) is 2. The number of nitrogens with zero attached hydrogens (tertiary/aromatic N) is 5. The third-order valence-corrected chi connectivity index (χ3v) is 6.41. The molecule has 188 valence electrons. The highest BCUT2D eigenvalue weighted by molar-refractivity contribution is 5.98. The van der Waals surface area contributed by atoms with E-state index < -0.39 is 6.04 Å². The zero-order valence-electron chi connectivity index (χ0n) is 20.6. The number of hydrogen-bond acceptors (Lipinski definition) is 8. The minimum Gasteiger partial charge on any atom is -0.495 e. The average Bonchev–Trinajstić information content (AvgIpc) is 3.37. The molecular formula is C27H27N7O3. The monoisotopic (exact) mass is 497 g/mol. The van der Waals surface area contributed by atoms with E-state index in [1.807, 2.05) is 25.4 Å². The first kappa shape index (κ1) is 24.2. The number of methoxy groups -OCH3 is 1. The fourth-order valence-corrected chi connectivity index (χ4v) is 4.41. The Morgan fingerprint density at radius 1 is 1.19 bits per heavy atom. The number of aryl methyl sites for hydroxylation is 1. The maximum absolute atomic E-state index is 13.4. The van der Waals surface area contributed by atoms with Crippen LogP contribution in [-0.4, -0.2) is 52.0 Å². The molecule has 1 saturated heterocycles. The Morgan fingerprint density at radius 3 is 2.76 bits per heavy atom. The van der Waals surface area contributed by atoms with Crippen molar-refractivity contribution in [3.8, 4) is 11.8 Å². The van der Waals surface area contributed by atoms with Crippen molar-refractivity contribution in [2.24, 2.45) is 7.05 Å². The largest absolute Gasteiger partial charge is 0.495 e. The van der Waals surface area contributed by atoms with Gasteiger partial charge in [-0.15, -0.1) is 0 Å². The number of amides is 1. The first-order valence-electron chi connectivity index (χ1n) is 12.0. The van der Waals surface area contributed by atoms with E-state index in [1.165, 1.54) is 7.11 Å². The standard InChI is InChI=1S/C27H27N7O3/c1-34-16-21(15-30-34)25(17-5-6-24(36-2)20(11-17)13-28)33-26(35)18-3-4-19-14-29-27(32-23(19)12-18)31-22-7-9-37-10-8-22/h3-6,11-12,14-16,22,25H,7-10H2,1-2H3,(H,33,35)(H,29,31,32)/t25-/m0/s1. The van der Waals surface area contributed by atoms with E-state index in [2.05, 4.69) is 31.8 Å². The zero-order chi connectivity index (χ0) is 25.8. The molecule has 0 bridgehead atoms. The molecule has 0 spiro atoms. The van der Waals surface area contributed by atoms with Gasteiger partial charge in [0.05, 0.1) is 30.4 Å². The van der Waals surface area contributed by atoms with Crippen LogP contribution >= 0.6 is 0 Å². The first-order chi connectivity index (χ1) is 18.0. The summed E-state index contributed by atoms with van der Waals surface area (Å²) in [5, 5.41) is 21.1. The minimum atomic E-state index is -0.522. The molecule has 1 aliphatic heterocycles. The second-order valence-electron chi connectivity index (χ2n) is 8.92. The molecule has 0 unspecified atom stereocenters. The van der Waals surface area contributed by atoms with Gasteiger partial charge in [-0.1, -0.05) is 12.1 Å². The van der Waals surface area contributed by atoms with E-state index in [4.69, 9.17) is 9.47 Å². The van der Waals surface area contributed by atoms with Crippen LogP contribution in [0.3, 0.4) is 0 Å². The topological polar surface area (TPSA) is 127 Å². The summed E-state index contributed by atoms with van der Waals surface area (Å²) in [4.78, 5) is 22.5. The van der Waals surface area contributed by atoms with Crippen LogP contribution in [0.1, 0.15) is 45.9 Å². The van der Waals surface area contributed by atoms with Crippen molar-refractivity contribution >= 4 is 22.8 Å². The SMILES string of the molecule is COc1ccc([C@H](NC(=O)c2ccc3cnc(NC4CCOCC4)nc3c2)c2cnn(C)c2)cc1C#N. The van der Waals surface area contributed by atoms with Gasteiger partial charge in [-0.25, -0.2) is 9.97 Å². The lowest BCUT2D eigenvalue weighted by molar-refractivity contribution is 0.0903. The number of nitriles is 1. The third-order valence-electron chi connectivity index (χ3n) is 6.41. The maximum atomic E-state index is 13.4. The molecular weight excluding hydrogens is 470 g/mol. The Labute approximate surface area is 214 Å². The van der Waals surface area contributed by atoms with Gasteiger partial charge in [-0.2, -0.15) is 10.4 Å². The zero-order valence-corrected chi connectivity index (χ0v) is 20.6. The molecule has 2 N–H and O–H groups in total. The lowest BCUT2D eigenvalue weighted by atomic mass is 9.98. The van der Waals surface area contributed by atoms with Gasteiger partial charge in [0.15, 0.2) is 0 Å². The van der Waals surface area contributed by atoms with Gasteiger partial charge < -0.3 is 20.1 Å². The van der Waals surface area contributed by atoms with Crippen LogP contribution in [0.25, 0.3) is 10.9 Å². The Morgan fingerprint density at radius 2 is 2.03 bits per heavy atom. The van der Waals surface area contributed by atoms with Crippen molar-refractivity contribution < 1.29 is 14.3 Å². The van der Waals surface area contributed by atoms with Gasteiger partial charge in [0.25, 0.3) is 5.91 Å². The maximum Gasteiger partial charge on any atom is 0.252 e. The van der Waals surface area contributed by atoms with E-state index in [0.717, 1.165) is 42.6 Å². The highest BCUT2D eigenvalue weighted by Gasteiger charge is 2.21. The summed E-state index contributed by atoms with van der Waals surface area (Å²) >= 11 is 0. The summed E-state index contributed by atoms with van der Waals surface area (Å²) in [6.07, 6.45) is 7.09. The van der Waals surface area contributed by atoms with Crippen LogP contribution in [0.15, 0.2) is 55.0 Å². The second kappa shape index (κ2) is 10.6. The molecule has 0 saturated carbocycles. The van der Waals surface area contributed by atoms with Crippen LogP contribution in [0.5, 0.6) is 5.75 Å². The van der Waals surface area contributed by atoms with Crippen molar-refractivity contribution in [3.63, 3.8) is 0 Å². The van der Waals surface area contributed by atoms with E-state index >= 15 is 0 Å². The Balaban J connectivity index is 1.42. The van der Waals surface area contributed by atoms with Crippen molar-refractivity contribution in [1.29, 1.82) is 5.26 Å². The molecule has 37 heavy (non-hydrogen) atoms. The van der Waals surface area contributed by atoms with Gasteiger partial charge in [-0.05, 0) is 42.7 Å². The quantitative estimate of drug-likeness (QED) is 0.398. The molecule has 0 aliphatic carbocycles. The van der Waals surface area contributed by atoms with E-state index in [-0.39, 0.29) is 11.9 Å². The number of anilines is 1. The summed E-state index contributed by atoms with van der Waals surface area (Å²) in [7, 11) is 3.33. The number of carbonyl (C=O) groups is 1. The Hall–Kier alpha value is -4.49. The number of fused-ring (bicyclic) bond motifs is 1. The molecule has 1 fully saturated rings. The van der Waals surface area contributed by atoms with Crippen LogP contribution in [-0.2, 0) is 11.8 Å². The van der Waals surface area contributed by atoms with Crippen molar-refractivity contribution in [2.45, 2.75) is 24.9 Å². The highest BCUT2D eigenvalue weighted by Crippen LogP contribution is 2.28. The molecule has 10 heteroatoms. The number of benzene rings is 2. The van der Waals surface area contributed by atoms with Crippen LogP contribution in [0.4, 0.5) is 5.95 Å². The summed E-state index contributed by atoms with van der Waals surface area (Å²) in [5.41, 5.74) is 3.05. The number of rotatable bonds is 7. The van der Waals surface area contributed by atoms with E-state index in [1.54, 1.807) is 41.3 Å². The van der Waals surface area contributed by atoms with Gasteiger partial charge in [0.1, 0.15) is 11.8 Å². The summed E-state index contributed by atoms with van der Waals surface area (Å²) in [5.74, 6) is 0.733. The molecule has 3 heterocycles. The second-order valence-corrected chi connectivity index (χ2v) is 8.92. The van der Waals surface area contributed by atoms with E-state index in [0.29, 0.717) is 28.3 Å². The third kappa shape index (κ3) is 5.37.